The summed E-state index contributed by atoms with van der Waals surface area (Å²) in [6.45, 7) is 5.26. The lowest BCUT2D eigenvalue weighted by Gasteiger charge is -2.22. The van der Waals surface area contributed by atoms with E-state index in [0.717, 1.165) is 12.1 Å². The van der Waals surface area contributed by atoms with Crippen LogP contribution < -0.4 is 4.90 Å². The van der Waals surface area contributed by atoms with Gasteiger partial charge in [-0.15, -0.1) is 0 Å². The number of benzene rings is 3. The predicted molar refractivity (Wildman–Crippen MR) is 118 cm³/mol. The molecule has 1 aliphatic heterocycles. The van der Waals surface area contributed by atoms with E-state index in [-0.39, 0.29) is 0 Å². The summed E-state index contributed by atoms with van der Waals surface area (Å²) < 4.78 is 0. The van der Waals surface area contributed by atoms with E-state index in [9.17, 15) is 0 Å². The molecule has 0 fully saturated rings. The molecular formula is C26H23N. The second-order valence-corrected chi connectivity index (χ2v) is 6.87. The van der Waals surface area contributed by atoms with Gasteiger partial charge in [-0.3, -0.25) is 0 Å². The molecule has 132 valence electrons. The lowest BCUT2D eigenvalue weighted by atomic mass is 9.95. The number of hydrogen-bond donors (Lipinski definition) is 0. The first kappa shape index (κ1) is 17.1. The summed E-state index contributed by atoms with van der Waals surface area (Å²) in [5, 5.41) is 0. The Balaban J connectivity index is 1.82. The maximum absolute atomic E-state index is 4.41. The van der Waals surface area contributed by atoms with Crippen LogP contribution in [-0.4, -0.2) is 13.6 Å². The molecule has 27 heavy (non-hydrogen) atoms. The summed E-state index contributed by atoms with van der Waals surface area (Å²) in [7, 11) is 2.13. The van der Waals surface area contributed by atoms with E-state index in [1.807, 2.05) is 6.07 Å². The van der Waals surface area contributed by atoms with Gasteiger partial charge in [-0.25, -0.2) is 0 Å². The lowest BCUT2D eigenvalue weighted by Crippen LogP contribution is -2.18. The van der Waals surface area contributed by atoms with Crippen molar-refractivity contribution < 1.29 is 0 Å². The quantitative estimate of drug-likeness (QED) is 0.513. The minimum Gasteiger partial charge on any atom is -0.370 e. The van der Waals surface area contributed by atoms with Gasteiger partial charge in [0, 0.05) is 24.8 Å². The van der Waals surface area contributed by atoms with Crippen molar-refractivity contribution in [3.05, 3.63) is 115 Å². The lowest BCUT2D eigenvalue weighted by molar-refractivity contribution is 1.03. The molecule has 1 nitrogen and oxygen atoms in total. The SMILES string of the molecule is C=C1/C=C(c2ccccc2)\C=C/CN(C)c2ccc(-c3ccccc3)cc21. The molecule has 0 saturated heterocycles. The molecule has 0 unspecified atom stereocenters. The number of rotatable bonds is 2. The van der Waals surface area contributed by atoms with Crippen LogP contribution >= 0.6 is 0 Å². The molecular weight excluding hydrogens is 326 g/mol. The van der Waals surface area contributed by atoms with E-state index < -0.39 is 0 Å². The molecule has 0 aromatic heterocycles. The smallest absolute Gasteiger partial charge is 0.0446 e. The maximum Gasteiger partial charge on any atom is 0.0446 e. The topological polar surface area (TPSA) is 3.24 Å². The molecule has 0 amide bonds. The van der Waals surface area contributed by atoms with Crippen molar-refractivity contribution in [2.24, 2.45) is 0 Å². The summed E-state index contributed by atoms with van der Waals surface area (Å²) in [5.41, 5.74) is 8.24. The summed E-state index contributed by atoms with van der Waals surface area (Å²) >= 11 is 0. The number of nitrogens with zero attached hydrogens (tertiary/aromatic N) is 1. The average Bonchev–Trinajstić information content (AvgIpc) is 2.78. The van der Waals surface area contributed by atoms with Gasteiger partial charge in [-0.1, -0.05) is 85.5 Å². The standard InChI is InChI=1S/C26H23N/c1-20-18-23(21-10-5-3-6-11-21)14-9-17-27(2)26-16-15-24(19-25(20)26)22-12-7-4-8-13-22/h3-16,18-19H,1,17H2,2H3/b14-9-,23-18+. The van der Waals surface area contributed by atoms with E-state index in [1.165, 1.54) is 33.5 Å². The monoisotopic (exact) mass is 349 g/mol. The van der Waals surface area contributed by atoms with Crippen LogP contribution in [0.2, 0.25) is 0 Å². The van der Waals surface area contributed by atoms with Gasteiger partial charge in [0.25, 0.3) is 0 Å². The Bertz CT molecular complexity index is 1010. The molecule has 1 heterocycles. The van der Waals surface area contributed by atoms with Crippen molar-refractivity contribution in [2.45, 2.75) is 0 Å². The second-order valence-electron chi connectivity index (χ2n) is 6.87. The van der Waals surface area contributed by atoms with Gasteiger partial charge in [0.15, 0.2) is 0 Å². The predicted octanol–water partition coefficient (Wildman–Crippen LogP) is 6.46. The zero-order valence-electron chi connectivity index (χ0n) is 15.6. The maximum atomic E-state index is 4.41. The van der Waals surface area contributed by atoms with E-state index in [2.05, 4.69) is 110 Å². The van der Waals surface area contributed by atoms with Crippen LogP contribution in [0.1, 0.15) is 11.1 Å². The van der Waals surface area contributed by atoms with E-state index in [1.54, 1.807) is 0 Å². The fourth-order valence-electron chi connectivity index (χ4n) is 3.50. The Morgan fingerprint density at radius 1 is 0.778 bits per heavy atom. The van der Waals surface area contributed by atoms with Crippen molar-refractivity contribution in [2.75, 3.05) is 18.5 Å². The van der Waals surface area contributed by atoms with Crippen molar-refractivity contribution >= 4 is 16.8 Å². The van der Waals surface area contributed by atoms with Crippen molar-refractivity contribution in [1.29, 1.82) is 0 Å². The minimum atomic E-state index is 0.856. The Hall–Kier alpha value is -3.32. The molecule has 1 heteroatoms. The molecule has 0 radical (unpaired) electrons. The average molecular weight is 349 g/mol. The van der Waals surface area contributed by atoms with Gasteiger partial charge in [-0.2, -0.15) is 0 Å². The van der Waals surface area contributed by atoms with Crippen molar-refractivity contribution in [3.8, 4) is 11.1 Å². The fraction of sp³-hybridized carbons (Fsp3) is 0.0769. The zero-order valence-corrected chi connectivity index (χ0v) is 15.6. The van der Waals surface area contributed by atoms with Crippen LogP contribution in [-0.2, 0) is 0 Å². The molecule has 0 bridgehead atoms. The van der Waals surface area contributed by atoms with Gasteiger partial charge in [0.05, 0.1) is 0 Å². The highest BCUT2D eigenvalue weighted by atomic mass is 15.1. The zero-order chi connectivity index (χ0) is 18.6. The highest BCUT2D eigenvalue weighted by Gasteiger charge is 2.13. The number of fused-ring (bicyclic) bond motifs is 1. The van der Waals surface area contributed by atoms with Crippen LogP contribution in [0.4, 0.5) is 5.69 Å². The van der Waals surface area contributed by atoms with Crippen molar-refractivity contribution in [3.63, 3.8) is 0 Å². The third kappa shape index (κ3) is 3.63. The van der Waals surface area contributed by atoms with Gasteiger partial charge in [-0.05, 0) is 46.0 Å². The van der Waals surface area contributed by atoms with Gasteiger partial charge in [0.1, 0.15) is 0 Å². The molecule has 0 atom stereocenters. The fourth-order valence-corrected chi connectivity index (χ4v) is 3.50. The van der Waals surface area contributed by atoms with E-state index in [0.29, 0.717) is 0 Å². The van der Waals surface area contributed by atoms with Crippen LogP contribution in [0.25, 0.3) is 22.3 Å². The molecule has 3 aromatic carbocycles. The molecule has 0 aliphatic carbocycles. The van der Waals surface area contributed by atoms with E-state index >= 15 is 0 Å². The molecule has 3 aromatic rings. The first-order valence-electron chi connectivity index (χ1n) is 9.26. The summed E-state index contributed by atoms with van der Waals surface area (Å²) in [6.07, 6.45) is 6.60. The largest absolute Gasteiger partial charge is 0.370 e. The minimum absolute atomic E-state index is 0.856. The Kier molecular flexibility index (Phi) is 4.76. The van der Waals surface area contributed by atoms with Gasteiger partial charge in [0.2, 0.25) is 0 Å². The van der Waals surface area contributed by atoms with Gasteiger partial charge >= 0.3 is 0 Å². The van der Waals surface area contributed by atoms with Crippen molar-refractivity contribution in [1.82, 2.24) is 0 Å². The first-order chi connectivity index (χ1) is 13.2. The van der Waals surface area contributed by atoms with Crippen LogP contribution in [0.15, 0.2) is 104 Å². The summed E-state index contributed by atoms with van der Waals surface area (Å²) in [5.74, 6) is 0. The Morgan fingerprint density at radius 3 is 2.15 bits per heavy atom. The first-order valence-corrected chi connectivity index (χ1v) is 9.26. The Morgan fingerprint density at radius 2 is 1.44 bits per heavy atom. The summed E-state index contributed by atoms with van der Waals surface area (Å²) in [4.78, 5) is 2.27. The Labute approximate surface area is 161 Å². The highest BCUT2D eigenvalue weighted by Crippen LogP contribution is 2.34. The van der Waals surface area contributed by atoms with Gasteiger partial charge < -0.3 is 4.90 Å². The molecule has 0 saturated carbocycles. The number of anilines is 1. The second kappa shape index (κ2) is 7.51. The number of likely N-dealkylation sites (N-methyl/N-ethyl adjacent to an activating group) is 1. The van der Waals surface area contributed by atoms with Crippen LogP contribution in [0, 0.1) is 0 Å². The molecule has 0 N–H and O–H groups in total. The molecule has 1 aliphatic rings. The highest BCUT2D eigenvalue weighted by molar-refractivity contribution is 5.92. The summed E-state index contributed by atoms with van der Waals surface area (Å²) in [6, 6.07) is 27.7. The molecule has 4 rings (SSSR count). The van der Waals surface area contributed by atoms with Crippen LogP contribution in [0.3, 0.4) is 0 Å². The normalized spacial score (nSPS) is 17.1. The third-order valence-electron chi connectivity index (χ3n) is 4.97. The number of hydrogen-bond acceptors (Lipinski definition) is 1. The van der Waals surface area contributed by atoms with E-state index in [4.69, 9.17) is 0 Å². The van der Waals surface area contributed by atoms with Crippen LogP contribution in [0.5, 0.6) is 0 Å². The number of allylic oxidation sites excluding steroid dienone is 4. The molecule has 0 spiro atoms. The third-order valence-corrected chi connectivity index (χ3v) is 4.97.